The quantitative estimate of drug-likeness (QED) is 0.621. The van der Waals surface area contributed by atoms with Crippen LogP contribution in [-0.2, 0) is 0 Å². The molecule has 54 valence electrons. The summed E-state index contributed by atoms with van der Waals surface area (Å²) in [5, 5.41) is 17.1. The van der Waals surface area contributed by atoms with Gasteiger partial charge in [-0.2, -0.15) is 0 Å². The van der Waals surface area contributed by atoms with Crippen molar-refractivity contribution in [1.82, 2.24) is 0 Å². The molecule has 2 nitrogen and oxygen atoms in total. The Kier molecular flexibility index (Phi) is 1.87. The van der Waals surface area contributed by atoms with Gasteiger partial charge in [-0.05, 0) is 24.3 Å². The number of alkyl halides is 1. The topological polar surface area (TPSA) is 40.5 Å². The van der Waals surface area contributed by atoms with Crippen molar-refractivity contribution in [1.29, 1.82) is 0 Å². The number of rotatable bonds is 1. The summed E-state index contributed by atoms with van der Waals surface area (Å²) in [4.78, 5) is 0. The van der Waals surface area contributed by atoms with Crippen LogP contribution in [0.3, 0.4) is 0 Å². The number of hydrogen-bond acceptors (Lipinski definition) is 2. The zero-order valence-corrected chi connectivity index (χ0v) is 5.16. The maximum absolute atomic E-state index is 12.0. The van der Waals surface area contributed by atoms with Gasteiger partial charge in [0.25, 0.3) is 0 Å². The molecule has 1 aromatic rings. The zero-order chi connectivity index (χ0) is 7.56. The van der Waals surface area contributed by atoms with Gasteiger partial charge in [-0.15, -0.1) is 0 Å². The summed E-state index contributed by atoms with van der Waals surface area (Å²) in [5.41, 5.74) is 0.151. The molecule has 0 fully saturated rings. The average Bonchev–Trinajstić information content (AvgIpc) is 1.88. The molecule has 0 spiro atoms. The van der Waals surface area contributed by atoms with Crippen LogP contribution in [0.5, 0.6) is 5.75 Å². The zero-order valence-electron chi connectivity index (χ0n) is 5.16. The van der Waals surface area contributed by atoms with Crippen LogP contribution in [-0.4, -0.2) is 10.2 Å². The molecule has 2 N–H and O–H groups in total. The predicted octanol–water partition coefficient (Wildman–Crippen LogP) is 1.35. The summed E-state index contributed by atoms with van der Waals surface area (Å²) in [5.74, 6) is 0.0596. The second-order valence-corrected chi connectivity index (χ2v) is 1.93. The Bertz CT molecular complexity index is 205. The van der Waals surface area contributed by atoms with E-state index in [1.54, 1.807) is 0 Å². The Morgan fingerprint density at radius 3 is 2.10 bits per heavy atom. The van der Waals surface area contributed by atoms with Gasteiger partial charge in [0.2, 0.25) is 6.36 Å². The highest BCUT2D eigenvalue weighted by Crippen LogP contribution is 2.16. The Hall–Kier alpha value is -1.09. The Balaban J connectivity index is 2.89. The summed E-state index contributed by atoms with van der Waals surface area (Å²) in [6.45, 7) is 0. The fourth-order valence-electron chi connectivity index (χ4n) is 0.633. The number of halogens is 1. The molecule has 1 atom stereocenters. The first-order valence-corrected chi connectivity index (χ1v) is 2.81. The van der Waals surface area contributed by atoms with Crippen LogP contribution in [0.25, 0.3) is 0 Å². The highest BCUT2D eigenvalue weighted by Gasteiger charge is 2.01. The van der Waals surface area contributed by atoms with Crippen LogP contribution in [0.15, 0.2) is 24.3 Å². The van der Waals surface area contributed by atoms with Crippen LogP contribution in [0.2, 0.25) is 0 Å². The van der Waals surface area contributed by atoms with Gasteiger partial charge >= 0.3 is 0 Å². The van der Waals surface area contributed by atoms with Crippen molar-refractivity contribution in [2.24, 2.45) is 0 Å². The molecule has 0 amide bonds. The van der Waals surface area contributed by atoms with Gasteiger partial charge in [0.05, 0.1) is 0 Å². The third-order valence-electron chi connectivity index (χ3n) is 1.17. The minimum atomic E-state index is -1.96. The maximum Gasteiger partial charge on any atom is 0.222 e. The van der Waals surface area contributed by atoms with Crippen LogP contribution in [0.1, 0.15) is 11.9 Å². The monoisotopic (exact) mass is 142 g/mol. The van der Waals surface area contributed by atoms with Crippen molar-refractivity contribution < 1.29 is 14.6 Å². The fourth-order valence-corrected chi connectivity index (χ4v) is 0.633. The van der Waals surface area contributed by atoms with Crippen LogP contribution in [0.4, 0.5) is 4.39 Å². The number of phenolic OH excluding ortho intramolecular Hbond substituents is 1. The van der Waals surface area contributed by atoms with E-state index in [-0.39, 0.29) is 11.3 Å². The summed E-state index contributed by atoms with van der Waals surface area (Å²) in [6.07, 6.45) is -1.96. The third-order valence-corrected chi connectivity index (χ3v) is 1.17. The summed E-state index contributed by atoms with van der Waals surface area (Å²) in [7, 11) is 0. The molecule has 1 aromatic carbocycles. The number of hydrogen-bond donors (Lipinski definition) is 2. The van der Waals surface area contributed by atoms with Gasteiger partial charge < -0.3 is 10.2 Å². The lowest BCUT2D eigenvalue weighted by molar-refractivity contribution is 0.0411. The van der Waals surface area contributed by atoms with E-state index in [1.165, 1.54) is 24.3 Å². The molecule has 0 aliphatic carbocycles. The van der Waals surface area contributed by atoms with E-state index in [0.717, 1.165) is 0 Å². The smallest absolute Gasteiger partial charge is 0.222 e. The van der Waals surface area contributed by atoms with Crippen molar-refractivity contribution in [3.8, 4) is 5.75 Å². The molecule has 0 saturated heterocycles. The molecule has 1 rings (SSSR count). The van der Waals surface area contributed by atoms with E-state index in [4.69, 9.17) is 10.2 Å². The molecular formula is C7H7FO2. The molecule has 0 aliphatic heterocycles. The number of aliphatic hydroxyl groups excluding tert-OH is 1. The van der Waals surface area contributed by atoms with Gasteiger partial charge in [-0.25, -0.2) is 4.39 Å². The molecule has 0 heterocycles. The van der Waals surface area contributed by atoms with Crippen molar-refractivity contribution in [3.05, 3.63) is 29.8 Å². The minimum absolute atomic E-state index is 0.0596. The Morgan fingerprint density at radius 2 is 1.70 bits per heavy atom. The predicted molar refractivity (Wildman–Crippen MR) is 34.2 cm³/mol. The van der Waals surface area contributed by atoms with Crippen LogP contribution >= 0.6 is 0 Å². The fraction of sp³-hybridized carbons (Fsp3) is 0.143. The van der Waals surface area contributed by atoms with Crippen molar-refractivity contribution in [3.63, 3.8) is 0 Å². The first-order valence-electron chi connectivity index (χ1n) is 2.81. The highest BCUT2D eigenvalue weighted by molar-refractivity contribution is 5.26. The van der Waals surface area contributed by atoms with Gasteiger partial charge in [0.1, 0.15) is 5.75 Å². The summed E-state index contributed by atoms with van der Waals surface area (Å²) >= 11 is 0. The van der Waals surface area contributed by atoms with E-state index in [1.807, 2.05) is 0 Å². The van der Waals surface area contributed by atoms with Crippen LogP contribution in [0, 0.1) is 0 Å². The molecular weight excluding hydrogens is 135 g/mol. The highest BCUT2D eigenvalue weighted by atomic mass is 19.1. The van der Waals surface area contributed by atoms with Crippen molar-refractivity contribution in [2.75, 3.05) is 0 Å². The normalized spacial score (nSPS) is 13.0. The van der Waals surface area contributed by atoms with Crippen molar-refractivity contribution in [2.45, 2.75) is 6.36 Å². The average molecular weight is 142 g/mol. The Morgan fingerprint density at radius 1 is 1.20 bits per heavy atom. The van der Waals surface area contributed by atoms with E-state index in [0.29, 0.717) is 0 Å². The van der Waals surface area contributed by atoms with Gasteiger partial charge in [-0.3, -0.25) is 0 Å². The molecule has 0 radical (unpaired) electrons. The molecule has 3 heteroatoms. The van der Waals surface area contributed by atoms with Crippen LogP contribution < -0.4 is 0 Å². The molecule has 0 saturated carbocycles. The first-order chi connectivity index (χ1) is 4.70. The molecule has 0 aromatic heterocycles. The van der Waals surface area contributed by atoms with Gasteiger partial charge in [0, 0.05) is 5.56 Å². The maximum atomic E-state index is 12.0. The number of aromatic hydroxyl groups is 1. The van der Waals surface area contributed by atoms with Gasteiger partial charge in [0.15, 0.2) is 0 Å². The van der Waals surface area contributed by atoms with Gasteiger partial charge in [-0.1, -0.05) is 0 Å². The standard InChI is InChI=1S/C7H7FO2/c8-7(10)5-1-3-6(9)4-2-5/h1-4,7,9-10H. The summed E-state index contributed by atoms with van der Waals surface area (Å²) < 4.78 is 12.0. The number of aliphatic hydroxyl groups is 1. The van der Waals surface area contributed by atoms with Crippen molar-refractivity contribution >= 4 is 0 Å². The van der Waals surface area contributed by atoms with E-state index in [9.17, 15) is 4.39 Å². The molecule has 10 heavy (non-hydrogen) atoms. The Labute approximate surface area is 57.6 Å². The third kappa shape index (κ3) is 1.45. The largest absolute Gasteiger partial charge is 0.508 e. The first kappa shape index (κ1) is 7.02. The summed E-state index contributed by atoms with van der Waals surface area (Å²) in [6, 6.07) is 5.27. The minimum Gasteiger partial charge on any atom is -0.508 e. The van der Waals surface area contributed by atoms with E-state index < -0.39 is 6.36 Å². The lowest BCUT2D eigenvalue weighted by atomic mass is 10.2. The lowest BCUT2D eigenvalue weighted by Crippen LogP contribution is -1.86. The lowest BCUT2D eigenvalue weighted by Gasteiger charge is -1.99. The number of benzene rings is 1. The van der Waals surface area contributed by atoms with E-state index >= 15 is 0 Å². The second kappa shape index (κ2) is 2.66. The second-order valence-electron chi connectivity index (χ2n) is 1.93. The van der Waals surface area contributed by atoms with E-state index in [2.05, 4.69) is 0 Å². The SMILES string of the molecule is Oc1ccc(C(O)F)cc1. The molecule has 0 aliphatic rings. The number of phenols is 1. The molecule has 1 unspecified atom stereocenters. The molecule has 0 bridgehead atoms.